The van der Waals surface area contributed by atoms with Crippen molar-refractivity contribution in [2.24, 2.45) is 0 Å². The number of benzene rings is 3. The first kappa shape index (κ1) is 19.0. The van der Waals surface area contributed by atoms with Gasteiger partial charge in [0.25, 0.3) is 17.7 Å². The van der Waals surface area contributed by atoms with Crippen LogP contribution in [0.2, 0.25) is 0 Å². The van der Waals surface area contributed by atoms with Gasteiger partial charge in [-0.3, -0.25) is 14.4 Å². The molecule has 1 aliphatic heterocycles. The summed E-state index contributed by atoms with van der Waals surface area (Å²) in [5, 5.41) is 2.87. The fraction of sp³-hybridized carbons (Fsp3) is 0.0870. The van der Waals surface area contributed by atoms with Gasteiger partial charge in [0.15, 0.2) is 0 Å². The fourth-order valence-electron chi connectivity index (χ4n) is 3.32. The van der Waals surface area contributed by atoms with Gasteiger partial charge in [0.1, 0.15) is 0 Å². The van der Waals surface area contributed by atoms with E-state index in [1.165, 1.54) is 0 Å². The SMILES string of the molecule is CSc1ccc(C)c(C(=O)Nc2cccc(N3C(=O)c4ccccc4C3=O)c2)c1. The summed E-state index contributed by atoms with van der Waals surface area (Å²) < 4.78 is 0. The molecule has 0 fully saturated rings. The molecule has 1 aliphatic rings. The Morgan fingerprint density at radius 2 is 1.59 bits per heavy atom. The van der Waals surface area contributed by atoms with Gasteiger partial charge in [-0.25, -0.2) is 4.90 Å². The highest BCUT2D eigenvalue weighted by molar-refractivity contribution is 7.98. The van der Waals surface area contributed by atoms with Crippen molar-refractivity contribution >= 4 is 40.9 Å². The predicted octanol–water partition coefficient (Wildman–Crippen LogP) is 4.77. The van der Waals surface area contributed by atoms with Crippen LogP contribution in [0.5, 0.6) is 0 Å². The Kier molecular flexibility index (Phi) is 4.94. The van der Waals surface area contributed by atoms with E-state index in [0.29, 0.717) is 28.1 Å². The van der Waals surface area contributed by atoms with Crippen LogP contribution in [0, 0.1) is 6.92 Å². The molecule has 0 unspecified atom stereocenters. The minimum absolute atomic E-state index is 0.238. The predicted molar refractivity (Wildman–Crippen MR) is 115 cm³/mol. The van der Waals surface area contributed by atoms with Gasteiger partial charge in [0.2, 0.25) is 0 Å². The number of hydrogen-bond acceptors (Lipinski definition) is 4. The number of thioether (sulfide) groups is 1. The van der Waals surface area contributed by atoms with E-state index in [-0.39, 0.29) is 17.7 Å². The highest BCUT2D eigenvalue weighted by atomic mass is 32.2. The summed E-state index contributed by atoms with van der Waals surface area (Å²) in [6.45, 7) is 1.88. The number of amides is 3. The van der Waals surface area contributed by atoms with Crippen LogP contribution in [-0.2, 0) is 0 Å². The Morgan fingerprint density at radius 3 is 2.24 bits per heavy atom. The third-order valence-corrected chi connectivity index (χ3v) is 5.57. The topological polar surface area (TPSA) is 66.5 Å². The third-order valence-electron chi connectivity index (χ3n) is 4.85. The van der Waals surface area contributed by atoms with Crippen LogP contribution in [-0.4, -0.2) is 24.0 Å². The molecular weight excluding hydrogens is 384 g/mol. The second kappa shape index (κ2) is 7.56. The Balaban J connectivity index is 1.61. The maximum absolute atomic E-state index is 12.8. The van der Waals surface area contributed by atoms with Gasteiger partial charge >= 0.3 is 0 Å². The molecule has 1 N–H and O–H groups in total. The number of aryl methyl sites for hydroxylation is 1. The first-order valence-electron chi connectivity index (χ1n) is 9.03. The van der Waals surface area contributed by atoms with E-state index in [9.17, 15) is 14.4 Å². The van der Waals surface area contributed by atoms with Crippen molar-refractivity contribution in [2.45, 2.75) is 11.8 Å². The van der Waals surface area contributed by atoms with Crippen molar-refractivity contribution in [1.82, 2.24) is 0 Å². The first-order valence-corrected chi connectivity index (χ1v) is 10.3. The van der Waals surface area contributed by atoms with Gasteiger partial charge in [-0.1, -0.05) is 24.3 Å². The Labute approximate surface area is 172 Å². The third kappa shape index (κ3) is 3.43. The van der Waals surface area contributed by atoms with E-state index in [1.807, 2.05) is 31.4 Å². The number of nitrogens with one attached hydrogen (secondary N) is 1. The molecule has 0 spiro atoms. The van der Waals surface area contributed by atoms with Crippen molar-refractivity contribution in [3.05, 3.63) is 89.0 Å². The minimum atomic E-state index is -0.363. The molecule has 29 heavy (non-hydrogen) atoms. The number of nitrogens with zero attached hydrogens (tertiary/aromatic N) is 1. The molecule has 3 aromatic rings. The van der Waals surface area contributed by atoms with Crippen molar-refractivity contribution in [1.29, 1.82) is 0 Å². The zero-order valence-corrected chi connectivity index (χ0v) is 16.7. The fourth-order valence-corrected chi connectivity index (χ4v) is 3.76. The molecule has 5 nitrogen and oxygen atoms in total. The van der Waals surface area contributed by atoms with Gasteiger partial charge in [0.05, 0.1) is 16.8 Å². The maximum Gasteiger partial charge on any atom is 0.266 e. The highest BCUT2D eigenvalue weighted by Gasteiger charge is 2.36. The monoisotopic (exact) mass is 402 g/mol. The summed E-state index contributed by atoms with van der Waals surface area (Å²) in [6, 6.07) is 19.2. The quantitative estimate of drug-likeness (QED) is 0.504. The lowest BCUT2D eigenvalue weighted by molar-refractivity contribution is 0.0925. The summed E-state index contributed by atoms with van der Waals surface area (Å²) in [5.74, 6) is -0.965. The van der Waals surface area contributed by atoms with Crippen LogP contribution >= 0.6 is 11.8 Å². The molecule has 6 heteroatoms. The molecule has 0 aliphatic carbocycles. The lowest BCUT2D eigenvalue weighted by Crippen LogP contribution is -2.29. The van der Waals surface area contributed by atoms with Crippen molar-refractivity contribution < 1.29 is 14.4 Å². The molecule has 0 saturated carbocycles. The zero-order chi connectivity index (χ0) is 20.5. The summed E-state index contributed by atoms with van der Waals surface area (Å²) in [6.07, 6.45) is 1.96. The molecule has 1 heterocycles. The number of fused-ring (bicyclic) bond motifs is 1. The molecular formula is C23H18N2O3S. The Bertz CT molecular complexity index is 1120. The van der Waals surface area contributed by atoms with Crippen LogP contribution in [0.15, 0.2) is 71.6 Å². The normalized spacial score (nSPS) is 12.8. The van der Waals surface area contributed by atoms with Gasteiger partial charge in [-0.2, -0.15) is 0 Å². The van der Waals surface area contributed by atoms with Gasteiger partial charge < -0.3 is 5.32 Å². The highest BCUT2D eigenvalue weighted by Crippen LogP contribution is 2.30. The van der Waals surface area contributed by atoms with Crippen LogP contribution < -0.4 is 10.2 Å². The first-order chi connectivity index (χ1) is 14.0. The molecule has 0 aromatic heterocycles. The second-order valence-corrected chi connectivity index (χ2v) is 7.56. The summed E-state index contributed by atoms with van der Waals surface area (Å²) >= 11 is 1.57. The molecule has 0 atom stereocenters. The van der Waals surface area contributed by atoms with Crippen LogP contribution in [0.25, 0.3) is 0 Å². The Morgan fingerprint density at radius 1 is 0.897 bits per heavy atom. The van der Waals surface area contributed by atoms with Crippen molar-refractivity contribution in [3.63, 3.8) is 0 Å². The average molecular weight is 402 g/mol. The van der Waals surface area contributed by atoms with E-state index in [2.05, 4.69) is 5.32 Å². The van der Waals surface area contributed by atoms with Gasteiger partial charge in [-0.05, 0) is 61.2 Å². The van der Waals surface area contributed by atoms with Crippen LogP contribution in [0.1, 0.15) is 36.6 Å². The molecule has 3 amide bonds. The van der Waals surface area contributed by atoms with E-state index < -0.39 is 0 Å². The summed E-state index contributed by atoms with van der Waals surface area (Å²) in [7, 11) is 0. The molecule has 3 aromatic carbocycles. The lowest BCUT2D eigenvalue weighted by Gasteiger charge is -2.16. The minimum Gasteiger partial charge on any atom is -0.322 e. The lowest BCUT2D eigenvalue weighted by atomic mass is 10.1. The van der Waals surface area contributed by atoms with Crippen LogP contribution in [0.4, 0.5) is 11.4 Å². The van der Waals surface area contributed by atoms with Gasteiger partial charge in [-0.15, -0.1) is 11.8 Å². The number of rotatable bonds is 4. The molecule has 0 bridgehead atoms. The molecule has 0 radical (unpaired) electrons. The number of carbonyl (C=O) groups is 3. The van der Waals surface area contributed by atoms with Crippen molar-refractivity contribution in [3.8, 4) is 0 Å². The van der Waals surface area contributed by atoms with Crippen LogP contribution in [0.3, 0.4) is 0 Å². The van der Waals surface area contributed by atoms with Gasteiger partial charge in [0, 0.05) is 16.1 Å². The summed E-state index contributed by atoms with van der Waals surface area (Å²) in [5.41, 5.74) is 3.16. The molecule has 0 saturated heterocycles. The van der Waals surface area contributed by atoms with E-state index in [0.717, 1.165) is 15.4 Å². The molecule has 144 valence electrons. The number of hydrogen-bond donors (Lipinski definition) is 1. The standard InChI is InChI=1S/C23H18N2O3S/c1-14-10-11-17(29-2)13-20(14)21(26)24-15-6-5-7-16(12-15)25-22(27)18-8-3-4-9-19(18)23(25)28/h3-13H,1-2H3,(H,24,26). The van der Waals surface area contributed by atoms with E-state index >= 15 is 0 Å². The number of imide groups is 1. The average Bonchev–Trinajstić information content (AvgIpc) is 2.99. The molecule has 4 rings (SSSR count). The maximum atomic E-state index is 12.8. The summed E-state index contributed by atoms with van der Waals surface area (Å²) in [4.78, 5) is 40.3. The van der Waals surface area contributed by atoms with Crippen molar-refractivity contribution in [2.75, 3.05) is 16.5 Å². The number of carbonyl (C=O) groups excluding carboxylic acids is 3. The Hall–Kier alpha value is -3.38. The zero-order valence-electron chi connectivity index (χ0n) is 15.9. The van der Waals surface area contributed by atoms with E-state index in [1.54, 1.807) is 60.3 Å². The second-order valence-electron chi connectivity index (χ2n) is 6.68. The largest absolute Gasteiger partial charge is 0.322 e. The van der Waals surface area contributed by atoms with E-state index in [4.69, 9.17) is 0 Å². The smallest absolute Gasteiger partial charge is 0.266 e. The number of anilines is 2.